The normalized spacial score (nSPS) is 11.3. The number of aryl methyl sites for hydroxylation is 1. The largest absolute Gasteiger partial charge is 0.494 e. The number of fused-ring (bicyclic) bond motifs is 1. The van der Waals surface area contributed by atoms with Crippen molar-refractivity contribution in [2.45, 2.75) is 97.4 Å². The fourth-order valence-corrected chi connectivity index (χ4v) is 4.42. The molecule has 1 N–H and O–H groups in total. The number of carbonyl (C=O) groups is 1. The van der Waals surface area contributed by atoms with Crippen molar-refractivity contribution in [3.8, 4) is 17.3 Å². The molecule has 0 spiro atoms. The lowest BCUT2D eigenvalue weighted by Gasteiger charge is -2.11. The molecule has 0 saturated heterocycles. The molecule has 3 rings (SSSR count). The highest BCUT2D eigenvalue weighted by molar-refractivity contribution is 5.86. The number of nitrogens with zero attached hydrogens (tertiary/aromatic N) is 3. The average Bonchev–Trinajstić information content (AvgIpc) is 3.23. The number of aromatic nitrogens is 3. The van der Waals surface area contributed by atoms with E-state index in [0.717, 1.165) is 49.2 Å². The van der Waals surface area contributed by atoms with Gasteiger partial charge in [0.15, 0.2) is 5.82 Å². The van der Waals surface area contributed by atoms with Crippen molar-refractivity contribution in [3.05, 3.63) is 42.1 Å². The van der Waals surface area contributed by atoms with Gasteiger partial charge < -0.3 is 14.4 Å². The Labute approximate surface area is 209 Å². The third kappa shape index (κ3) is 8.08. The van der Waals surface area contributed by atoms with Gasteiger partial charge in [-0.2, -0.15) is 0 Å². The molecule has 1 aromatic carbocycles. The summed E-state index contributed by atoms with van der Waals surface area (Å²) in [4.78, 5) is 20.7. The van der Waals surface area contributed by atoms with Crippen LogP contribution in [-0.4, -0.2) is 32.2 Å². The van der Waals surface area contributed by atoms with E-state index in [1.165, 1.54) is 63.9 Å². The minimum Gasteiger partial charge on any atom is -0.494 e. The predicted octanol–water partition coefficient (Wildman–Crippen LogP) is 7.90. The average molecular weight is 480 g/mol. The molecule has 0 bridgehead atoms. The summed E-state index contributed by atoms with van der Waals surface area (Å²) in [5.41, 5.74) is 2.50. The molecule has 0 aliphatic carbocycles. The molecule has 2 aromatic heterocycles. The Morgan fingerprint density at radius 2 is 1.54 bits per heavy atom. The number of carboxylic acid groups (broad SMARTS) is 1. The summed E-state index contributed by atoms with van der Waals surface area (Å²) in [5.74, 6) is 0.537. The number of hydrogen-bond donors (Lipinski definition) is 1. The number of benzene rings is 1. The Bertz CT molecular complexity index is 1060. The molecule has 0 unspecified atom stereocenters. The molecular weight excluding hydrogens is 438 g/mol. The maximum Gasteiger partial charge on any atom is 0.354 e. The van der Waals surface area contributed by atoms with Crippen LogP contribution in [0.3, 0.4) is 0 Å². The molecule has 190 valence electrons. The Morgan fingerprint density at radius 1 is 0.857 bits per heavy atom. The number of unbranched alkanes of at least 4 members (excludes halogenated alkanes) is 10. The second-order valence-corrected chi connectivity index (χ2v) is 9.33. The number of aromatic carboxylic acids is 1. The summed E-state index contributed by atoms with van der Waals surface area (Å²) >= 11 is 0. The number of rotatable bonds is 17. The lowest BCUT2D eigenvalue weighted by atomic mass is 10.1. The van der Waals surface area contributed by atoms with Crippen molar-refractivity contribution in [1.82, 2.24) is 14.5 Å². The molecule has 3 aromatic rings. The van der Waals surface area contributed by atoms with E-state index in [9.17, 15) is 9.90 Å². The molecule has 0 atom stereocenters. The number of imidazole rings is 1. The summed E-state index contributed by atoms with van der Waals surface area (Å²) < 4.78 is 8.26. The first-order valence-electron chi connectivity index (χ1n) is 13.5. The van der Waals surface area contributed by atoms with Crippen molar-refractivity contribution in [2.24, 2.45) is 0 Å². The topological polar surface area (TPSA) is 77.2 Å². The highest BCUT2D eigenvalue weighted by Gasteiger charge is 2.16. The quantitative estimate of drug-likeness (QED) is 0.199. The third-order valence-electron chi connectivity index (χ3n) is 6.42. The van der Waals surface area contributed by atoms with Crippen molar-refractivity contribution in [2.75, 3.05) is 6.61 Å². The van der Waals surface area contributed by atoms with Gasteiger partial charge in [-0.1, -0.05) is 84.1 Å². The van der Waals surface area contributed by atoms with Gasteiger partial charge in [0, 0.05) is 12.6 Å². The molecule has 0 aliphatic rings. The van der Waals surface area contributed by atoms with E-state index in [4.69, 9.17) is 9.72 Å². The smallest absolute Gasteiger partial charge is 0.354 e. The Balaban J connectivity index is 1.77. The first kappa shape index (κ1) is 26.7. The SMILES string of the molecule is CCCCCCCCOc1ccc2nc(-c3cccc(C(=O)O)n3)n(CCCCCCCC)c2c1. The van der Waals surface area contributed by atoms with E-state index in [2.05, 4.69) is 29.5 Å². The summed E-state index contributed by atoms with van der Waals surface area (Å²) in [5, 5.41) is 9.40. The van der Waals surface area contributed by atoms with E-state index >= 15 is 0 Å². The van der Waals surface area contributed by atoms with E-state index in [0.29, 0.717) is 11.5 Å². The van der Waals surface area contributed by atoms with E-state index in [-0.39, 0.29) is 5.69 Å². The minimum absolute atomic E-state index is 0.0311. The van der Waals surface area contributed by atoms with Crippen LogP contribution in [0, 0.1) is 0 Å². The van der Waals surface area contributed by atoms with Crippen LogP contribution < -0.4 is 4.74 Å². The molecule has 0 aliphatic heterocycles. The molecule has 6 heteroatoms. The first-order chi connectivity index (χ1) is 17.1. The van der Waals surface area contributed by atoms with Crippen LogP contribution in [-0.2, 0) is 6.54 Å². The molecule has 2 heterocycles. The van der Waals surface area contributed by atoms with Crippen LogP contribution in [0.5, 0.6) is 5.75 Å². The van der Waals surface area contributed by atoms with Gasteiger partial charge in [0.2, 0.25) is 0 Å². The van der Waals surface area contributed by atoms with Gasteiger partial charge in [0.1, 0.15) is 17.1 Å². The zero-order valence-corrected chi connectivity index (χ0v) is 21.5. The highest BCUT2D eigenvalue weighted by Crippen LogP contribution is 2.28. The second kappa shape index (κ2) is 14.5. The van der Waals surface area contributed by atoms with Crippen LogP contribution in [0.1, 0.15) is 101 Å². The zero-order chi connectivity index (χ0) is 24.9. The zero-order valence-electron chi connectivity index (χ0n) is 21.5. The van der Waals surface area contributed by atoms with E-state index < -0.39 is 5.97 Å². The lowest BCUT2D eigenvalue weighted by Crippen LogP contribution is -2.05. The number of carboxylic acids is 1. The predicted molar refractivity (Wildman–Crippen MR) is 142 cm³/mol. The summed E-state index contributed by atoms with van der Waals surface area (Å²) in [6.07, 6.45) is 14.7. The number of hydrogen-bond acceptors (Lipinski definition) is 4. The van der Waals surface area contributed by atoms with Gasteiger partial charge in [-0.3, -0.25) is 0 Å². The second-order valence-electron chi connectivity index (χ2n) is 9.33. The first-order valence-corrected chi connectivity index (χ1v) is 13.5. The molecule has 6 nitrogen and oxygen atoms in total. The van der Waals surface area contributed by atoms with Crippen molar-refractivity contribution in [3.63, 3.8) is 0 Å². The fraction of sp³-hybridized carbons (Fsp3) is 0.552. The minimum atomic E-state index is -1.03. The Morgan fingerprint density at radius 3 is 2.26 bits per heavy atom. The molecule has 0 fully saturated rings. The van der Waals surface area contributed by atoms with Gasteiger partial charge >= 0.3 is 5.97 Å². The van der Waals surface area contributed by atoms with Crippen molar-refractivity contribution >= 4 is 17.0 Å². The van der Waals surface area contributed by atoms with Gasteiger partial charge in [0.25, 0.3) is 0 Å². The summed E-state index contributed by atoms with van der Waals surface area (Å²) in [6, 6.07) is 11.1. The van der Waals surface area contributed by atoms with Crippen LogP contribution >= 0.6 is 0 Å². The number of ether oxygens (including phenoxy) is 1. The van der Waals surface area contributed by atoms with Crippen LogP contribution in [0.2, 0.25) is 0 Å². The standard InChI is InChI=1S/C29H41N3O3/c1-3-5-7-9-11-13-20-32-27-22-23(35-21-14-12-10-8-6-4-2)18-19-24(27)31-28(32)25-16-15-17-26(30-25)29(33)34/h15-19,22H,3-14,20-21H2,1-2H3,(H,33,34). The highest BCUT2D eigenvalue weighted by atomic mass is 16.5. The van der Waals surface area contributed by atoms with Crippen molar-refractivity contribution < 1.29 is 14.6 Å². The lowest BCUT2D eigenvalue weighted by molar-refractivity contribution is 0.0690. The molecule has 0 saturated carbocycles. The third-order valence-corrected chi connectivity index (χ3v) is 6.42. The molecular formula is C29H41N3O3. The van der Waals surface area contributed by atoms with E-state index in [1.807, 2.05) is 18.2 Å². The maximum atomic E-state index is 11.5. The Hall–Kier alpha value is -2.89. The molecule has 0 amide bonds. The van der Waals surface area contributed by atoms with Gasteiger partial charge in [-0.05, 0) is 37.1 Å². The van der Waals surface area contributed by atoms with Crippen LogP contribution in [0.4, 0.5) is 0 Å². The number of pyridine rings is 1. The summed E-state index contributed by atoms with van der Waals surface area (Å²) in [6.45, 7) is 6.01. The monoisotopic (exact) mass is 479 g/mol. The fourth-order valence-electron chi connectivity index (χ4n) is 4.42. The van der Waals surface area contributed by atoms with Gasteiger partial charge in [-0.25, -0.2) is 14.8 Å². The summed E-state index contributed by atoms with van der Waals surface area (Å²) in [7, 11) is 0. The molecule has 35 heavy (non-hydrogen) atoms. The Kier molecular flexibility index (Phi) is 11.1. The maximum absolute atomic E-state index is 11.5. The van der Waals surface area contributed by atoms with Gasteiger partial charge in [0.05, 0.1) is 17.6 Å². The van der Waals surface area contributed by atoms with Crippen molar-refractivity contribution in [1.29, 1.82) is 0 Å². The van der Waals surface area contributed by atoms with Crippen LogP contribution in [0.15, 0.2) is 36.4 Å². The van der Waals surface area contributed by atoms with Crippen LogP contribution in [0.25, 0.3) is 22.6 Å². The van der Waals surface area contributed by atoms with E-state index in [1.54, 1.807) is 6.07 Å². The molecule has 0 radical (unpaired) electrons. The van der Waals surface area contributed by atoms with Gasteiger partial charge in [-0.15, -0.1) is 0 Å².